The summed E-state index contributed by atoms with van der Waals surface area (Å²) in [5, 5.41) is 9.40. The highest BCUT2D eigenvalue weighted by molar-refractivity contribution is 7.91. The van der Waals surface area contributed by atoms with Crippen LogP contribution in [0.15, 0.2) is 0 Å². The second kappa shape index (κ2) is 2.45. The van der Waals surface area contributed by atoms with Gasteiger partial charge in [-0.2, -0.15) is 0 Å². The third-order valence-corrected chi connectivity index (χ3v) is 4.24. The zero-order chi connectivity index (χ0) is 8.70. The van der Waals surface area contributed by atoms with Crippen LogP contribution in [0.2, 0.25) is 0 Å². The molecule has 0 spiro atoms. The smallest absolute Gasteiger partial charge is 0.151 e. The number of aliphatic hydroxyl groups excluding tert-OH is 1. The molecule has 1 N–H and O–H groups in total. The van der Waals surface area contributed by atoms with Crippen molar-refractivity contribution >= 4 is 9.84 Å². The van der Waals surface area contributed by atoms with Crippen molar-refractivity contribution in [2.24, 2.45) is 5.41 Å². The van der Waals surface area contributed by atoms with Gasteiger partial charge in [0.25, 0.3) is 0 Å². The molecule has 0 aromatic heterocycles. The van der Waals surface area contributed by atoms with Crippen molar-refractivity contribution in [3.63, 3.8) is 0 Å². The van der Waals surface area contributed by atoms with Crippen molar-refractivity contribution in [3.05, 3.63) is 0 Å². The zero-order valence-corrected chi connectivity index (χ0v) is 7.69. The maximum atomic E-state index is 11.1. The van der Waals surface area contributed by atoms with Crippen LogP contribution in [-0.4, -0.2) is 31.1 Å². The van der Waals surface area contributed by atoms with E-state index in [1.54, 1.807) is 13.8 Å². The molecule has 1 atom stereocenters. The first-order valence-corrected chi connectivity index (χ1v) is 5.54. The van der Waals surface area contributed by atoms with E-state index in [1.165, 1.54) is 0 Å². The van der Waals surface area contributed by atoms with Gasteiger partial charge in [-0.3, -0.25) is 0 Å². The Balaban J connectivity index is 2.83. The van der Waals surface area contributed by atoms with Crippen LogP contribution in [0.5, 0.6) is 0 Å². The lowest BCUT2D eigenvalue weighted by atomic mass is 9.87. The Hall–Kier alpha value is -0.0900. The summed E-state index contributed by atoms with van der Waals surface area (Å²) < 4.78 is 22.2. The number of sulfone groups is 1. The molecule has 66 valence electrons. The molecular formula is C7H14O3S. The van der Waals surface area contributed by atoms with E-state index in [4.69, 9.17) is 0 Å². The van der Waals surface area contributed by atoms with E-state index in [1.807, 2.05) is 0 Å². The zero-order valence-electron chi connectivity index (χ0n) is 6.87. The average molecular weight is 178 g/mol. The second-order valence-corrected chi connectivity index (χ2v) is 6.07. The van der Waals surface area contributed by atoms with Crippen LogP contribution in [0.4, 0.5) is 0 Å². The highest BCUT2D eigenvalue weighted by Gasteiger charge is 2.38. The Morgan fingerprint density at radius 3 is 2.36 bits per heavy atom. The minimum Gasteiger partial charge on any atom is -0.393 e. The summed E-state index contributed by atoms with van der Waals surface area (Å²) in [6, 6.07) is 0. The summed E-state index contributed by atoms with van der Waals surface area (Å²) in [6.07, 6.45) is -0.0824. The summed E-state index contributed by atoms with van der Waals surface area (Å²) in [5.74, 6) is 0.249. The van der Waals surface area contributed by atoms with Gasteiger partial charge in [0, 0.05) is 5.41 Å². The molecule has 0 amide bonds. The maximum absolute atomic E-state index is 11.1. The predicted molar refractivity (Wildman–Crippen MR) is 43.1 cm³/mol. The lowest BCUT2D eigenvalue weighted by molar-refractivity contribution is 0.0572. The number of aliphatic hydroxyl groups is 1. The van der Waals surface area contributed by atoms with Crippen LogP contribution in [-0.2, 0) is 9.84 Å². The van der Waals surface area contributed by atoms with Gasteiger partial charge in [-0.05, 0) is 6.42 Å². The molecule has 3 nitrogen and oxygen atoms in total. The van der Waals surface area contributed by atoms with Crippen molar-refractivity contribution in [1.29, 1.82) is 0 Å². The molecular weight excluding hydrogens is 164 g/mol. The van der Waals surface area contributed by atoms with Crippen molar-refractivity contribution in [2.45, 2.75) is 26.4 Å². The number of hydrogen-bond donors (Lipinski definition) is 1. The minimum atomic E-state index is -2.88. The van der Waals surface area contributed by atoms with Crippen molar-refractivity contribution < 1.29 is 13.5 Å². The molecule has 1 fully saturated rings. The molecule has 0 saturated carbocycles. The van der Waals surface area contributed by atoms with Gasteiger partial charge in [-0.25, -0.2) is 8.42 Å². The van der Waals surface area contributed by atoms with Crippen molar-refractivity contribution in [1.82, 2.24) is 0 Å². The summed E-state index contributed by atoms with van der Waals surface area (Å²) in [7, 11) is -2.88. The fourth-order valence-electron chi connectivity index (χ4n) is 1.42. The lowest BCUT2D eigenvalue weighted by Gasteiger charge is -2.34. The molecule has 0 unspecified atom stereocenters. The van der Waals surface area contributed by atoms with E-state index in [0.29, 0.717) is 6.42 Å². The van der Waals surface area contributed by atoms with E-state index >= 15 is 0 Å². The normalized spacial score (nSPS) is 35.0. The summed E-state index contributed by atoms with van der Waals surface area (Å²) in [4.78, 5) is 0. The first-order chi connectivity index (χ1) is 4.83. The predicted octanol–water partition coefficient (Wildman–Crippen LogP) is 0.192. The molecule has 1 saturated heterocycles. The fourth-order valence-corrected chi connectivity index (χ4v) is 3.47. The highest BCUT2D eigenvalue weighted by Crippen LogP contribution is 2.30. The van der Waals surface area contributed by atoms with E-state index < -0.39 is 21.4 Å². The molecule has 1 heterocycles. The van der Waals surface area contributed by atoms with Crippen molar-refractivity contribution in [2.75, 3.05) is 11.5 Å². The van der Waals surface area contributed by atoms with Crippen LogP contribution < -0.4 is 0 Å². The van der Waals surface area contributed by atoms with Crippen molar-refractivity contribution in [3.8, 4) is 0 Å². The fraction of sp³-hybridized carbons (Fsp3) is 1.00. The monoisotopic (exact) mass is 178 g/mol. The van der Waals surface area contributed by atoms with E-state index in [9.17, 15) is 13.5 Å². The Morgan fingerprint density at radius 2 is 2.00 bits per heavy atom. The maximum Gasteiger partial charge on any atom is 0.151 e. The van der Waals surface area contributed by atoms with Gasteiger partial charge in [0.15, 0.2) is 9.84 Å². The Labute approximate surface area is 67.3 Å². The SMILES string of the molecule is CC1(C)CS(=O)(=O)CC[C@@H]1O. The molecule has 11 heavy (non-hydrogen) atoms. The summed E-state index contributed by atoms with van der Waals surface area (Å²) in [6.45, 7) is 3.57. The van der Waals surface area contributed by atoms with Crippen LogP contribution in [0.25, 0.3) is 0 Å². The largest absolute Gasteiger partial charge is 0.393 e. The first kappa shape index (κ1) is 9.00. The average Bonchev–Trinajstić information content (AvgIpc) is 1.77. The third-order valence-electron chi connectivity index (χ3n) is 2.20. The van der Waals surface area contributed by atoms with E-state index in [2.05, 4.69) is 0 Å². The quantitative estimate of drug-likeness (QED) is 0.576. The van der Waals surface area contributed by atoms with Crippen LogP contribution >= 0.6 is 0 Å². The van der Waals surface area contributed by atoms with Gasteiger partial charge in [-0.15, -0.1) is 0 Å². The van der Waals surface area contributed by atoms with Gasteiger partial charge < -0.3 is 5.11 Å². The Morgan fingerprint density at radius 1 is 1.45 bits per heavy atom. The topological polar surface area (TPSA) is 54.4 Å². The molecule has 4 heteroatoms. The first-order valence-electron chi connectivity index (χ1n) is 3.72. The Kier molecular flexibility index (Phi) is 2.01. The molecule has 1 rings (SSSR count). The third kappa shape index (κ3) is 1.93. The van der Waals surface area contributed by atoms with Crippen LogP contribution in [0.3, 0.4) is 0 Å². The van der Waals surface area contributed by atoms with Crippen LogP contribution in [0.1, 0.15) is 20.3 Å². The van der Waals surface area contributed by atoms with Gasteiger partial charge in [-0.1, -0.05) is 13.8 Å². The van der Waals surface area contributed by atoms with E-state index in [-0.39, 0.29) is 11.5 Å². The van der Waals surface area contributed by atoms with Gasteiger partial charge in [0.1, 0.15) is 0 Å². The standard InChI is InChI=1S/C7H14O3S/c1-7(2)5-11(9,10)4-3-6(7)8/h6,8H,3-5H2,1-2H3/t6-/m0/s1. The molecule has 0 aromatic rings. The molecule has 1 aliphatic heterocycles. The molecule has 0 aliphatic carbocycles. The van der Waals surface area contributed by atoms with E-state index in [0.717, 1.165) is 0 Å². The van der Waals surface area contributed by atoms with Gasteiger partial charge >= 0.3 is 0 Å². The Bertz CT molecular complexity index is 240. The van der Waals surface area contributed by atoms with Gasteiger partial charge in [0.05, 0.1) is 17.6 Å². The molecule has 0 radical (unpaired) electrons. The highest BCUT2D eigenvalue weighted by atomic mass is 32.2. The van der Waals surface area contributed by atoms with Gasteiger partial charge in [0.2, 0.25) is 0 Å². The second-order valence-electron chi connectivity index (χ2n) is 3.89. The van der Waals surface area contributed by atoms with Crippen LogP contribution in [0, 0.1) is 5.41 Å². The minimum absolute atomic E-state index is 0.112. The number of hydrogen-bond acceptors (Lipinski definition) is 3. The molecule has 0 aromatic carbocycles. The summed E-state index contributed by atoms with van der Waals surface area (Å²) in [5.41, 5.74) is -0.461. The lowest BCUT2D eigenvalue weighted by Crippen LogP contribution is -2.42. The molecule has 0 bridgehead atoms. The molecule has 1 aliphatic rings. The number of rotatable bonds is 0. The summed E-state index contributed by atoms with van der Waals surface area (Å²) >= 11 is 0.